The lowest BCUT2D eigenvalue weighted by Gasteiger charge is -2.34. The molecule has 4 aromatic rings. The van der Waals surface area contributed by atoms with Gasteiger partial charge >= 0.3 is 0 Å². The highest BCUT2D eigenvalue weighted by molar-refractivity contribution is 9.10. The highest BCUT2D eigenvalue weighted by Gasteiger charge is 2.35. The van der Waals surface area contributed by atoms with Crippen LogP contribution in [0.5, 0.6) is 5.75 Å². The smallest absolute Gasteiger partial charge is 0.264 e. The monoisotopic (exact) mass is 719 g/mol. The second-order valence-electron chi connectivity index (χ2n) is 11.7. The van der Waals surface area contributed by atoms with Crippen LogP contribution in [0.4, 0.5) is 5.69 Å². The molecule has 0 radical (unpaired) electrons. The van der Waals surface area contributed by atoms with Crippen molar-refractivity contribution in [2.24, 2.45) is 0 Å². The van der Waals surface area contributed by atoms with Crippen LogP contribution in [0.25, 0.3) is 0 Å². The SMILES string of the molecule is CC[C@H](C)NC(=O)[C@H](Cc1ccccc1)N(Cc1ccc(C)cc1)C(=O)CN(c1ccc(C)cc1)S(=O)(=O)c1ccc(OC)c(Br)c1. The fraction of sp³-hybridized carbons (Fsp3) is 0.297. The Bertz CT molecular complexity index is 1760. The maximum atomic E-state index is 14.6. The van der Waals surface area contributed by atoms with E-state index in [1.165, 1.54) is 24.1 Å². The molecule has 0 fully saturated rings. The topological polar surface area (TPSA) is 96.0 Å². The number of methoxy groups -OCH3 is 1. The molecule has 0 spiro atoms. The highest BCUT2D eigenvalue weighted by Crippen LogP contribution is 2.31. The van der Waals surface area contributed by atoms with E-state index in [0.717, 1.165) is 26.6 Å². The Morgan fingerprint density at radius 3 is 2.06 bits per heavy atom. The summed E-state index contributed by atoms with van der Waals surface area (Å²) in [4.78, 5) is 30.1. The Kier molecular flexibility index (Phi) is 12.2. The van der Waals surface area contributed by atoms with Crippen LogP contribution in [-0.4, -0.2) is 50.9 Å². The molecule has 10 heteroatoms. The zero-order valence-corrected chi connectivity index (χ0v) is 29.8. The number of hydrogen-bond acceptors (Lipinski definition) is 5. The minimum absolute atomic E-state index is 0.0148. The normalized spacial score (nSPS) is 12.6. The molecule has 0 aliphatic rings. The second-order valence-corrected chi connectivity index (χ2v) is 14.4. The van der Waals surface area contributed by atoms with Gasteiger partial charge in [-0.3, -0.25) is 13.9 Å². The van der Waals surface area contributed by atoms with Gasteiger partial charge in [0.25, 0.3) is 10.0 Å². The number of sulfonamides is 1. The number of carbonyl (C=O) groups excluding carboxylic acids is 2. The number of ether oxygens (including phenoxy) is 1. The number of benzene rings is 4. The van der Waals surface area contributed by atoms with Gasteiger partial charge in [0.05, 0.1) is 22.2 Å². The maximum absolute atomic E-state index is 14.6. The number of carbonyl (C=O) groups is 2. The molecular formula is C37H42BrN3O5S. The zero-order chi connectivity index (χ0) is 34.1. The molecule has 0 aliphatic carbocycles. The van der Waals surface area contributed by atoms with E-state index in [-0.39, 0.29) is 29.8 Å². The van der Waals surface area contributed by atoms with E-state index in [1.54, 1.807) is 30.3 Å². The molecule has 0 aromatic heterocycles. The van der Waals surface area contributed by atoms with Crippen molar-refractivity contribution in [3.8, 4) is 5.75 Å². The predicted octanol–water partition coefficient (Wildman–Crippen LogP) is 6.82. The number of nitrogens with one attached hydrogen (secondary N) is 1. The number of nitrogens with zero attached hydrogens (tertiary/aromatic N) is 2. The van der Waals surface area contributed by atoms with Crippen molar-refractivity contribution in [1.29, 1.82) is 0 Å². The molecule has 1 N–H and O–H groups in total. The van der Waals surface area contributed by atoms with Crippen LogP contribution in [0.3, 0.4) is 0 Å². The van der Waals surface area contributed by atoms with Crippen LogP contribution >= 0.6 is 15.9 Å². The van der Waals surface area contributed by atoms with E-state index < -0.39 is 28.5 Å². The van der Waals surface area contributed by atoms with Crippen molar-refractivity contribution >= 4 is 43.5 Å². The molecule has 2 amide bonds. The minimum Gasteiger partial charge on any atom is -0.496 e. The summed E-state index contributed by atoms with van der Waals surface area (Å²) in [6, 6.07) is 27.7. The Morgan fingerprint density at radius 1 is 0.872 bits per heavy atom. The van der Waals surface area contributed by atoms with Gasteiger partial charge in [-0.1, -0.05) is 84.8 Å². The zero-order valence-electron chi connectivity index (χ0n) is 27.4. The lowest BCUT2D eigenvalue weighted by atomic mass is 10.0. The molecule has 4 aromatic carbocycles. The molecule has 0 aliphatic heterocycles. The number of amides is 2. The van der Waals surface area contributed by atoms with Crippen molar-refractivity contribution in [1.82, 2.24) is 10.2 Å². The fourth-order valence-electron chi connectivity index (χ4n) is 5.06. The predicted molar refractivity (Wildman–Crippen MR) is 190 cm³/mol. The van der Waals surface area contributed by atoms with Gasteiger partial charge in [-0.15, -0.1) is 0 Å². The summed E-state index contributed by atoms with van der Waals surface area (Å²) in [6.45, 7) is 7.37. The Labute approximate surface area is 286 Å². The molecule has 4 rings (SSSR count). The lowest BCUT2D eigenvalue weighted by Crippen LogP contribution is -2.54. The molecule has 0 bridgehead atoms. The van der Waals surface area contributed by atoms with E-state index in [1.807, 2.05) is 82.3 Å². The summed E-state index contributed by atoms with van der Waals surface area (Å²) in [5.74, 6) is -0.336. The molecule has 0 heterocycles. The summed E-state index contributed by atoms with van der Waals surface area (Å²) in [6.07, 6.45) is 0.968. The van der Waals surface area contributed by atoms with Gasteiger partial charge in [0.2, 0.25) is 11.8 Å². The van der Waals surface area contributed by atoms with Gasteiger partial charge in [0.15, 0.2) is 0 Å². The summed E-state index contributed by atoms with van der Waals surface area (Å²) < 4.78 is 35.5. The number of rotatable bonds is 14. The summed E-state index contributed by atoms with van der Waals surface area (Å²) in [5.41, 5.74) is 4.03. The third-order valence-electron chi connectivity index (χ3n) is 8.06. The molecule has 0 saturated carbocycles. The summed E-state index contributed by atoms with van der Waals surface area (Å²) in [7, 11) is -2.75. The largest absolute Gasteiger partial charge is 0.496 e. The highest BCUT2D eigenvalue weighted by atomic mass is 79.9. The van der Waals surface area contributed by atoms with Gasteiger partial charge in [-0.2, -0.15) is 0 Å². The third-order valence-corrected chi connectivity index (χ3v) is 10.4. The van der Waals surface area contributed by atoms with Gasteiger partial charge in [-0.25, -0.2) is 8.42 Å². The lowest BCUT2D eigenvalue weighted by molar-refractivity contribution is -0.140. The second kappa shape index (κ2) is 16.1. The summed E-state index contributed by atoms with van der Waals surface area (Å²) in [5, 5.41) is 3.06. The van der Waals surface area contributed by atoms with Crippen molar-refractivity contribution in [2.75, 3.05) is 18.0 Å². The van der Waals surface area contributed by atoms with Crippen LogP contribution in [-0.2, 0) is 32.6 Å². The van der Waals surface area contributed by atoms with Crippen molar-refractivity contribution in [3.63, 3.8) is 0 Å². The summed E-state index contributed by atoms with van der Waals surface area (Å²) >= 11 is 3.40. The quantitative estimate of drug-likeness (QED) is 0.154. The van der Waals surface area contributed by atoms with Crippen molar-refractivity contribution in [2.45, 2.75) is 64.1 Å². The Balaban J connectivity index is 1.81. The molecule has 8 nitrogen and oxygen atoms in total. The molecule has 0 unspecified atom stereocenters. The molecule has 47 heavy (non-hydrogen) atoms. The first-order valence-corrected chi connectivity index (χ1v) is 17.8. The van der Waals surface area contributed by atoms with Crippen LogP contribution < -0.4 is 14.4 Å². The molecule has 248 valence electrons. The van der Waals surface area contributed by atoms with E-state index in [2.05, 4.69) is 21.2 Å². The van der Waals surface area contributed by atoms with Gasteiger partial charge < -0.3 is 15.0 Å². The third kappa shape index (κ3) is 9.23. The van der Waals surface area contributed by atoms with E-state index >= 15 is 0 Å². The van der Waals surface area contributed by atoms with Crippen LogP contribution in [0.1, 0.15) is 42.5 Å². The minimum atomic E-state index is -4.25. The van der Waals surface area contributed by atoms with Crippen molar-refractivity contribution in [3.05, 3.63) is 124 Å². The van der Waals surface area contributed by atoms with Gasteiger partial charge in [-0.05, 0) is 84.6 Å². The Hall–Kier alpha value is -4.15. The molecule has 2 atom stereocenters. The first kappa shape index (κ1) is 35.7. The van der Waals surface area contributed by atoms with Crippen LogP contribution in [0, 0.1) is 13.8 Å². The number of anilines is 1. The van der Waals surface area contributed by atoms with E-state index in [9.17, 15) is 18.0 Å². The van der Waals surface area contributed by atoms with Gasteiger partial charge in [0.1, 0.15) is 18.3 Å². The number of hydrogen-bond donors (Lipinski definition) is 1. The van der Waals surface area contributed by atoms with E-state index in [4.69, 9.17) is 4.74 Å². The average Bonchev–Trinajstić information content (AvgIpc) is 3.06. The van der Waals surface area contributed by atoms with E-state index in [0.29, 0.717) is 22.3 Å². The Morgan fingerprint density at radius 2 is 1.49 bits per heavy atom. The first-order chi connectivity index (χ1) is 22.4. The first-order valence-electron chi connectivity index (χ1n) is 15.5. The number of aryl methyl sites for hydroxylation is 2. The molecular weight excluding hydrogens is 678 g/mol. The average molecular weight is 721 g/mol. The fourth-order valence-corrected chi connectivity index (χ4v) is 7.19. The molecule has 0 saturated heterocycles. The van der Waals surface area contributed by atoms with Gasteiger partial charge in [0, 0.05) is 19.0 Å². The maximum Gasteiger partial charge on any atom is 0.264 e. The standard InChI is InChI=1S/C37H42BrN3O5S/c1-6-28(4)39-37(43)34(22-29-10-8-7-9-11-29)40(24-30-16-12-26(2)13-17-30)36(42)25-41(31-18-14-27(3)15-19-31)47(44,45)32-20-21-35(46-5)33(38)23-32/h7-21,23,28,34H,6,22,24-25H2,1-5H3,(H,39,43)/t28-,34-/m0/s1. The van der Waals surface area contributed by atoms with Crippen LogP contribution in [0.15, 0.2) is 106 Å². The number of halogens is 1. The van der Waals surface area contributed by atoms with Crippen LogP contribution in [0.2, 0.25) is 0 Å². The van der Waals surface area contributed by atoms with Crippen molar-refractivity contribution < 1.29 is 22.7 Å².